The number of nitro benzene ring substituents is 1. The molecule has 0 spiro atoms. The van der Waals surface area contributed by atoms with Crippen molar-refractivity contribution < 1.29 is 13.3 Å². The Labute approximate surface area is 131 Å². The second-order valence-corrected chi connectivity index (χ2v) is 6.54. The molecule has 116 valence electrons. The topological polar surface area (TPSA) is 115 Å². The van der Waals surface area contributed by atoms with Gasteiger partial charge in [0.15, 0.2) is 0 Å². The molecule has 9 heteroatoms. The average molecular weight is 342 g/mol. The molecule has 2 aromatic rings. The van der Waals surface area contributed by atoms with Crippen molar-refractivity contribution in [2.24, 2.45) is 5.14 Å². The minimum absolute atomic E-state index is 0.136. The van der Waals surface area contributed by atoms with Gasteiger partial charge in [-0.1, -0.05) is 17.7 Å². The van der Waals surface area contributed by atoms with E-state index >= 15 is 0 Å². The molecule has 0 aliphatic carbocycles. The van der Waals surface area contributed by atoms with Gasteiger partial charge in [-0.05, 0) is 36.8 Å². The highest BCUT2D eigenvalue weighted by molar-refractivity contribution is 7.89. The number of rotatable bonds is 4. The van der Waals surface area contributed by atoms with Crippen LogP contribution in [0.2, 0.25) is 5.02 Å². The molecular formula is C13H12ClN3O4S. The fraction of sp³-hybridized carbons (Fsp3) is 0.0769. The van der Waals surface area contributed by atoms with Crippen molar-refractivity contribution in [3.8, 4) is 0 Å². The van der Waals surface area contributed by atoms with Gasteiger partial charge in [0.05, 0.1) is 9.82 Å². The number of nitrogens with one attached hydrogen (secondary N) is 1. The van der Waals surface area contributed by atoms with E-state index < -0.39 is 20.6 Å². The molecule has 0 radical (unpaired) electrons. The summed E-state index contributed by atoms with van der Waals surface area (Å²) in [5.41, 5.74) is 1.15. The zero-order chi connectivity index (χ0) is 16.5. The summed E-state index contributed by atoms with van der Waals surface area (Å²) >= 11 is 6.00. The number of anilines is 2. The fourth-order valence-corrected chi connectivity index (χ4v) is 2.49. The molecule has 0 unspecified atom stereocenters. The molecule has 0 aliphatic rings. The third-order valence-electron chi connectivity index (χ3n) is 2.95. The lowest BCUT2D eigenvalue weighted by atomic mass is 10.2. The van der Waals surface area contributed by atoms with E-state index in [0.29, 0.717) is 10.7 Å². The van der Waals surface area contributed by atoms with Gasteiger partial charge in [0.1, 0.15) is 5.69 Å². The predicted molar refractivity (Wildman–Crippen MR) is 83.9 cm³/mol. The highest BCUT2D eigenvalue weighted by Crippen LogP contribution is 2.31. The maximum Gasteiger partial charge on any atom is 0.294 e. The Kier molecular flexibility index (Phi) is 4.36. The SMILES string of the molecule is Cc1ccc(Nc2ccc(S(N)(=O)=O)cc2[N+](=O)[O-])cc1Cl. The van der Waals surface area contributed by atoms with Crippen molar-refractivity contribution in [3.05, 3.63) is 57.1 Å². The zero-order valence-corrected chi connectivity index (χ0v) is 13.0. The summed E-state index contributed by atoms with van der Waals surface area (Å²) in [6.07, 6.45) is 0. The van der Waals surface area contributed by atoms with Crippen LogP contribution in [0.1, 0.15) is 5.56 Å². The van der Waals surface area contributed by atoms with E-state index in [-0.39, 0.29) is 10.6 Å². The number of sulfonamides is 1. The van der Waals surface area contributed by atoms with Crippen LogP contribution in [0.3, 0.4) is 0 Å². The Bertz CT molecular complexity index is 852. The van der Waals surface area contributed by atoms with Crippen LogP contribution in [0.25, 0.3) is 0 Å². The first-order valence-corrected chi connectivity index (χ1v) is 7.95. The van der Waals surface area contributed by atoms with Crippen molar-refractivity contribution in [1.82, 2.24) is 0 Å². The summed E-state index contributed by atoms with van der Waals surface area (Å²) in [5, 5.41) is 19.4. The third-order valence-corrected chi connectivity index (χ3v) is 4.26. The molecule has 2 rings (SSSR count). The Hall–Kier alpha value is -2.16. The maximum absolute atomic E-state index is 11.3. The number of primary sulfonamides is 1. The van der Waals surface area contributed by atoms with Gasteiger partial charge in [0, 0.05) is 16.8 Å². The molecule has 2 aromatic carbocycles. The molecule has 3 N–H and O–H groups in total. The van der Waals surface area contributed by atoms with E-state index in [1.54, 1.807) is 18.2 Å². The standard InChI is InChI=1S/C13H12ClN3O4S/c1-8-2-3-9(6-11(8)14)16-12-5-4-10(22(15,20)21)7-13(12)17(18)19/h2-7,16H,1H3,(H2,15,20,21). The van der Waals surface area contributed by atoms with Crippen molar-refractivity contribution in [1.29, 1.82) is 0 Å². The van der Waals surface area contributed by atoms with Crippen LogP contribution in [0.15, 0.2) is 41.3 Å². The molecule has 0 aromatic heterocycles. The van der Waals surface area contributed by atoms with E-state index in [1.165, 1.54) is 12.1 Å². The second-order valence-electron chi connectivity index (χ2n) is 4.57. The van der Waals surface area contributed by atoms with Crippen LogP contribution in [0.4, 0.5) is 17.1 Å². The summed E-state index contributed by atoms with van der Waals surface area (Å²) in [7, 11) is -4.01. The lowest BCUT2D eigenvalue weighted by molar-refractivity contribution is -0.384. The molecule has 0 atom stereocenters. The Morgan fingerprint density at radius 1 is 1.23 bits per heavy atom. The maximum atomic E-state index is 11.3. The highest BCUT2D eigenvalue weighted by atomic mass is 35.5. The van der Waals surface area contributed by atoms with E-state index in [0.717, 1.165) is 11.6 Å². The van der Waals surface area contributed by atoms with Crippen molar-refractivity contribution in [2.45, 2.75) is 11.8 Å². The smallest absolute Gasteiger partial charge is 0.294 e. The van der Waals surface area contributed by atoms with Crippen LogP contribution < -0.4 is 10.5 Å². The summed E-state index contributed by atoms with van der Waals surface area (Å²) in [4.78, 5) is 10.1. The van der Waals surface area contributed by atoms with Crippen LogP contribution in [-0.2, 0) is 10.0 Å². The highest BCUT2D eigenvalue weighted by Gasteiger charge is 2.19. The number of aryl methyl sites for hydroxylation is 1. The number of hydrogen-bond acceptors (Lipinski definition) is 5. The fourth-order valence-electron chi connectivity index (χ4n) is 1.77. The van der Waals surface area contributed by atoms with Crippen molar-refractivity contribution in [3.63, 3.8) is 0 Å². The number of hydrogen-bond donors (Lipinski definition) is 2. The first-order chi connectivity index (χ1) is 10.2. The van der Waals surface area contributed by atoms with E-state index in [1.807, 2.05) is 6.92 Å². The lowest BCUT2D eigenvalue weighted by Crippen LogP contribution is -2.12. The second kappa shape index (κ2) is 5.91. The number of nitrogens with zero attached hydrogens (tertiary/aromatic N) is 1. The van der Waals surface area contributed by atoms with Crippen LogP contribution in [-0.4, -0.2) is 13.3 Å². The largest absolute Gasteiger partial charge is 0.350 e. The molecule has 0 bridgehead atoms. The normalized spacial score (nSPS) is 11.2. The van der Waals surface area contributed by atoms with Crippen molar-refractivity contribution >= 4 is 38.7 Å². The van der Waals surface area contributed by atoms with Gasteiger partial charge in [-0.3, -0.25) is 10.1 Å². The molecule has 0 amide bonds. The van der Waals surface area contributed by atoms with Gasteiger partial charge >= 0.3 is 0 Å². The van der Waals surface area contributed by atoms with Crippen molar-refractivity contribution in [2.75, 3.05) is 5.32 Å². The molecule has 0 saturated carbocycles. The summed E-state index contributed by atoms with van der Waals surface area (Å²) in [5.74, 6) is 0. The number of benzene rings is 2. The van der Waals surface area contributed by atoms with Gasteiger partial charge < -0.3 is 5.32 Å². The van der Waals surface area contributed by atoms with Gasteiger partial charge in [-0.2, -0.15) is 0 Å². The molecular weight excluding hydrogens is 330 g/mol. The molecule has 7 nitrogen and oxygen atoms in total. The minimum atomic E-state index is -4.01. The quantitative estimate of drug-likeness (QED) is 0.655. The van der Waals surface area contributed by atoms with Crippen LogP contribution in [0, 0.1) is 17.0 Å². The number of nitro groups is 1. The molecule has 0 heterocycles. The number of nitrogens with two attached hydrogens (primary N) is 1. The molecule has 22 heavy (non-hydrogen) atoms. The van der Waals surface area contributed by atoms with Gasteiger partial charge in [-0.15, -0.1) is 0 Å². The minimum Gasteiger partial charge on any atom is -0.350 e. The zero-order valence-electron chi connectivity index (χ0n) is 11.4. The molecule has 0 saturated heterocycles. The van der Waals surface area contributed by atoms with E-state index in [9.17, 15) is 18.5 Å². The molecule has 0 fully saturated rings. The van der Waals surface area contributed by atoms with Gasteiger partial charge in [0.25, 0.3) is 5.69 Å². The summed E-state index contributed by atoms with van der Waals surface area (Å²) in [6.45, 7) is 1.83. The van der Waals surface area contributed by atoms with Crippen LogP contribution >= 0.6 is 11.6 Å². The van der Waals surface area contributed by atoms with Gasteiger partial charge in [-0.25, -0.2) is 13.6 Å². The van der Waals surface area contributed by atoms with Gasteiger partial charge in [0.2, 0.25) is 10.0 Å². The Morgan fingerprint density at radius 2 is 1.91 bits per heavy atom. The third kappa shape index (κ3) is 3.53. The van der Waals surface area contributed by atoms with Crippen LogP contribution in [0.5, 0.6) is 0 Å². The monoisotopic (exact) mass is 341 g/mol. The summed E-state index contributed by atoms with van der Waals surface area (Å²) < 4.78 is 22.6. The predicted octanol–water partition coefficient (Wildman–Crippen LogP) is 2.95. The Balaban J connectivity index is 2.46. The number of halogens is 1. The summed E-state index contributed by atoms with van der Waals surface area (Å²) in [6, 6.07) is 8.47. The molecule has 0 aliphatic heterocycles. The lowest BCUT2D eigenvalue weighted by Gasteiger charge is -2.09. The van der Waals surface area contributed by atoms with E-state index in [2.05, 4.69) is 5.32 Å². The van der Waals surface area contributed by atoms with E-state index in [4.69, 9.17) is 16.7 Å². The Morgan fingerprint density at radius 3 is 2.45 bits per heavy atom. The first-order valence-electron chi connectivity index (χ1n) is 6.03. The first kappa shape index (κ1) is 16.2. The average Bonchev–Trinajstić information content (AvgIpc) is 2.42.